The summed E-state index contributed by atoms with van der Waals surface area (Å²) in [5.41, 5.74) is 0. The van der Waals surface area contributed by atoms with Crippen LogP contribution in [0, 0.1) is 5.92 Å². The number of nitrogens with zero attached hydrogens (tertiary/aromatic N) is 1. The van der Waals surface area contributed by atoms with Crippen LogP contribution in [0.4, 0.5) is 0 Å². The zero-order valence-electron chi connectivity index (χ0n) is 11.4. The highest BCUT2D eigenvalue weighted by molar-refractivity contribution is 5.75. The molecule has 100 valence electrons. The highest BCUT2D eigenvalue weighted by Gasteiger charge is 2.21. The van der Waals surface area contributed by atoms with Crippen LogP contribution < -0.4 is 5.32 Å². The highest BCUT2D eigenvalue weighted by Crippen LogP contribution is 2.14. The molecular formula is C13H26N2O2. The van der Waals surface area contributed by atoms with Crippen molar-refractivity contribution in [3.05, 3.63) is 0 Å². The number of likely N-dealkylation sites (tertiary alicyclic amines) is 1. The lowest BCUT2D eigenvalue weighted by molar-refractivity contribution is -0.145. The zero-order valence-corrected chi connectivity index (χ0v) is 11.4. The number of esters is 1. The maximum absolute atomic E-state index is 11.6. The maximum Gasteiger partial charge on any atom is 0.323 e. The molecule has 1 N–H and O–H groups in total. The van der Waals surface area contributed by atoms with E-state index in [1.165, 1.54) is 19.4 Å². The van der Waals surface area contributed by atoms with Crippen LogP contribution in [0.1, 0.15) is 33.1 Å². The maximum atomic E-state index is 11.6. The number of carbonyl (C=O) groups excluding carboxylic acids is 1. The van der Waals surface area contributed by atoms with E-state index in [9.17, 15) is 4.79 Å². The van der Waals surface area contributed by atoms with E-state index >= 15 is 0 Å². The number of piperidine rings is 1. The normalized spacial score (nSPS) is 23.4. The largest absolute Gasteiger partial charge is 0.465 e. The SMILES string of the molecule is CCOC(=O)C(CC)NCC1CCCN(C)C1. The molecule has 4 heteroatoms. The van der Waals surface area contributed by atoms with Crippen LogP contribution in [0.15, 0.2) is 0 Å². The van der Waals surface area contributed by atoms with Crippen molar-refractivity contribution in [1.82, 2.24) is 10.2 Å². The van der Waals surface area contributed by atoms with Gasteiger partial charge < -0.3 is 15.0 Å². The Labute approximate surface area is 105 Å². The molecule has 0 aromatic heterocycles. The molecule has 17 heavy (non-hydrogen) atoms. The predicted octanol–water partition coefficient (Wildman–Crippen LogP) is 1.26. The van der Waals surface area contributed by atoms with E-state index in [1.807, 2.05) is 13.8 Å². The Hall–Kier alpha value is -0.610. The quantitative estimate of drug-likeness (QED) is 0.712. The molecule has 1 saturated heterocycles. The van der Waals surface area contributed by atoms with E-state index in [1.54, 1.807) is 0 Å². The second-order valence-corrected chi connectivity index (χ2v) is 4.89. The lowest BCUT2D eigenvalue weighted by Crippen LogP contribution is -2.43. The van der Waals surface area contributed by atoms with Crippen LogP contribution >= 0.6 is 0 Å². The fourth-order valence-corrected chi connectivity index (χ4v) is 2.39. The third-order valence-electron chi connectivity index (χ3n) is 3.35. The Morgan fingerprint density at radius 2 is 2.29 bits per heavy atom. The van der Waals surface area contributed by atoms with Crippen molar-refractivity contribution >= 4 is 5.97 Å². The molecule has 0 aromatic rings. The van der Waals surface area contributed by atoms with Crippen LogP contribution in [-0.4, -0.2) is 50.2 Å². The zero-order chi connectivity index (χ0) is 12.7. The van der Waals surface area contributed by atoms with E-state index in [2.05, 4.69) is 17.3 Å². The van der Waals surface area contributed by atoms with Gasteiger partial charge in [0.15, 0.2) is 0 Å². The van der Waals surface area contributed by atoms with Gasteiger partial charge in [0, 0.05) is 6.54 Å². The molecule has 0 spiro atoms. The molecule has 2 atom stereocenters. The van der Waals surface area contributed by atoms with E-state index in [4.69, 9.17) is 4.74 Å². The molecule has 4 nitrogen and oxygen atoms in total. The minimum atomic E-state index is -0.137. The van der Waals surface area contributed by atoms with Gasteiger partial charge in [0.25, 0.3) is 0 Å². The van der Waals surface area contributed by atoms with E-state index in [0.29, 0.717) is 12.5 Å². The third kappa shape index (κ3) is 5.04. The Bertz CT molecular complexity index is 233. The molecule has 2 unspecified atom stereocenters. The number of carbonyl (C=O) groups is 1. The van der Waals surface area contributed by atoms with Crippen molar-refractivity contribution < 1.29 is 9.53 Å². The van der Waals surface area contributed by atoms with Gasteiger partial charge >= 0.3 is 5.97 Å². The molecule has 1 aliphatic heterocycles. The number of rotatable bonds is 6. The van der Waals surface area contributed by atoms with Crippen molar-refractivity contribution in [1.29, 1.82) is 0 Å². The summed E-state index contributed by atoms with van der Waals surface area (Å²) in [5.74, 6) is 0.552. The van der Waals surface area contributed by atoms with Gasteiger partial charge in [-0.05, 0) is 52.2 Å². The second-order valence-electron chi connectivity index (χ2n) is 4.89. The van der Waals surface area contributed by atoms with Gasteiger partial charge in [-0.1, -0.05) is 6.92 Å². The first-order valence-electron chi connectivity index (χ1n) is 6.75. The van der Waals surface area contributed by atoms with Crippen LogP contribution in [0.3, 0.4) is 0 Å². The fraction of sp³-hybridized carbons (Fsp3) is 0.923. The first-order chi connectivity index (χ1) is 8.17. The van der Waals surface area contributed by atoms with Gasteiger partial charge in [0.2, 0.25) is 0 Å². The summed E-state index contributed by atoms with van der Waals surface area (Å²) in [5, 5.41) is 3.34. The van der Waals surface area contributed by atoms with Crippen molar-refractivity contribution in [3.63, 3.8) is 0 Å². The lowest BCUT2D eigenvalue weighted by atomic mass is 9.98. The monoisotopic (exact) mass is 242 g/mol. The number of ether oxygens (including phenoxy) is 1. The van der Waals surface area contributed by atoms with Gasteiger partial charge in [0.05, 0.1) is 6.61 Å². The van der Waals surface area contributed by atoms with E-state index < -0.39 is 0 Å². The fourth-order valence-electron chi connectivity index (χ4n) is 2.39. The molecule has 1 rings (SSSR count). The summed E-state index contributed by atoms with van der Waals surface area (Å²) < 4.78 is 5.04. The summed E-state index contributed by atoms with van der Waals surface area (Å²) in [6, 6.07) is -0.137. The molecule has 1 fully saturated rings. The van der Waals surface area contributed by atoms with Crippen molar-refractivity contribution in [2.24, 2.45) is 5.92 Å². The minimum Gasteiger partial charge on any atom is -0.465 e. The van der Waals surface area contributed by atoms with Gasteiger partial charge in [-0.25, -0.2) is 0 Å². The summed E-state index contributed by atoms with van der Waals surface area (Å²) in [4.78, 5) is 14.0. The van der Waals surface area contributed by atoms with Crippen molar-refractivity contribution in [3.8, 4) is 0 Å². The lowest BCUT2D eigenvalue weighted by Gasteiger charge is -2.30. The number of hydrogen-bond donors (Lipinski definition) is 1. The summed E-state index contributed by atoms with van der Waals surface area (Å²) in [6.07, 6.45) is 3.32. The summed E-state index contributed by atoms with van der Waals surface area (Å²) >= 11 is 0. The van der Waals surface area contributed by atoms with Crippen molar-refractivity contribution in [2.45, 2.75) is 39.2 Å². The molecule has 0 aromatic carbocycles. The third-order valence-corrected chi connectivity index (χ3v) is 3.35. The Morgan fingerprint density at radius 3 is 2.88 bits per heavy atom. The van der Waals surface area contributed by atoms with E-state index in [-0.39, 0.29) is 12.0 Å². The van der Waals surface area contributed by atoms with Gasteiger partial charge in [-0.2, -0.15) is 0 Å². The van der Waals surface area contributed by atoms with Crippen LogP contribution in [-0.2, 0) is 9.53 Å². The smallest absolute Gasteiger partial charge is 0.323 e. The molecule has 0 saturated carbocycles. The molecular weight excluding hydrogens is 216 g/mol. The number of nitrogens with one attached hydrogen (secondary N) is 1. The standard InChI is InChI=1S/C13H26N2O2/c1-4-12(13(16)17-5-2)14-9-11-7-6-8-15(3)10-11/h11-12,14H,4-10H2,1-3H3. The van der Waals surface area contributed by atoms with Crippen LogP contribution in [0.2, 0.25) is 0 Å². The van der Waals surface area contributed by atoms with Crippen LogP contribution in [0.25, 0.3) is 0 Å². The Morgan fingerprint density at radius 1 is 1.53 bits per heavy atom. The first kappa shape index (κ1) is 14.5. The van der Waals surface area contributed by atoms with Gasteiger partial charge in [0.1, 0.15) is 6.04 Å². The molecule has 1 heterocycles. The highest BCUT2D eigenvalue weighted by atomic mass is 16.5. The van der Waals surface area contributed by atoms with Gasteiger partial charge in [-0.15, -0.1) is 0 Å². The summed E-state index contributed by atoms with van der Waals surface area (Å²) in [7, 11) is 2.16. The van der Waals surface area contributed by atoms with Crippen molar-refractivity contribution in [2.75, 3.05) is 33.3 Å². The topological polar surface area (TPSA) is 41.6 Å². The Balaban J connectivity index is 2.29. The molecule has 1 aliphatic rings. The molecule has 0 amide bonds. The van der Waals surface area contributed by atoms with Gasteiger partial charge in [-0.3, -0.25) is 4.79 Å². The average molecular weight is 242 g/mol. The Kier molecular flexibility index (Phi) is 6.52. The molecule has 0 aliphatic carbocycles. The first-order valence-corrected chi connectivity index (χ1v) is 6.75. The van der Waals surface area contributed by atoms with E-state index in [0.717, 1.165) is 19.5 Å². The molecule has 0 radical (unpaired) electrons. The average Bonchev–Trinajstić information content (AvgIpc) is 2.30. The number of hydrogen-bond acceptors (Lipinski definition) is 4. The minimum absolute atomic E-state index is 0.112. The van der Waals surface area contributed by atoms with Crippen LogP contribution in [0.5, 0.6) is 0 Å². The summed E-state index contributed by atoms with van der Waals surface area (Å²) in [6.45, 7) is 7.57. The predicted molar refractivity (Wildman–Crippen MR) is 68.9 cm³/mol. The second kappa shape index (κ2) is 7.67. The molecule has 0 bridgehead atoms.